The molecule has 0 radical (unpaired) electrons. The van der Waals surface area contributed by atoms with Gasteiger partial charge < -0.3 is 0 Å². The smallest absolute Gasteiger partial charge is 0.207 e. The molecule has 0 bridgehead atoms. The van der Waals surface area contributed by atoms with E-state index in [9.17, 15) is 8.42 Å². The van der Waals surface area contributed by atoms with Crippen molar-refractivity contribution in [3.63, 3.8) is 0 Å². The Kier molecular flexibility index (Phi) is 5.43. The average molecular weight is 389 g/mol. The van der Waals surface area contributed by atoms with Crippen LogP contribution in [0.15, 0.2) is 53.4 Å². The van der Waals surface area contributed by atoms with E-state index in [-0.39, 0.29) is 0 Å². The number of hydrogen-bond donors (Lipinski definition) is 0. The van der Waals surface area contributed by atoms with Gasteiger partial charge in [-0.05, 0) is 35.4 Å². The zero-order valence-corrected chi connectivity index (χ0v) is 14.6. The molecular weight excluding hydrogens is 374 g/mol. The Hall–Kier alpha value is -0.880. The third-order valence-corrected chi connectivity index (χ3v) is 5.82. The molecule has 0 aliphatic heterocycles. The number of hydrogen-bond acceptors (Lipinski definition) is 2. The van der Waals surface area contributed by atoms with Gasteiger partial charge in [0.2, 0.25) is 10.0 Å². The first-order chi connectivity index (χ1) is 9.93. The van der Waals surface area contributed by atoms with Crippen molar-refractivity contribution in [2.24, 2.45) is 0 Å². The summed E-state index contributed by atoms with van der Waals surface area (Å²) >= 11 is 9.17. The monoisotopic (exact) mass is 387 g/mol. The van der Waals surface area contributed by atoms with Crippen LogP contribution in [0.5, 0.6) is 0 Å². The van der Waals surface area contributed by atoms with Crippen LogP contribution in [-0.4, -0.2) is 19.8 Å². The van der Waals surface area contributed by atoms with Crippen LogP contribution in [0.4, 0.5) is 0 Å². The van der Waals surface area contributed by atoms with E-state index in [0.29, 0.717) is 21.8 Å². The van der Waals surface area contributed by atoms with Crippen molar-refractivity contribution in [2.75, 3.05) is 7.05 Å². The van der Waals surface area contributed by atoms with E-state index in [0.717, 1.165) is 11.1 Å². The molecule has 0 atom stereocenters. The summed E-state index contributed by atoms with van der Waals surface area (Å²) in [4.78, 5) is 0.295. The molecule has 2 rings (SSSR count). The topological polar surface area (TPSA) is 37.4 Å². The number of nitrogens with zero attached hydrogens (tertiary/aromatic N) is 1. The third-order valence-electron chi connectivity index (χ3n) is 3.10. The van der Waals surface area contributed by atoms with Gasteiger partial charge in [0.15, 0.2) is 0 Å². The molecule has 2 aromatic carbocycles. The molecule has 0 heterocycles. The summed E-state index contributed by atoms with van der Waals surface area (Å²) in [6.07, 6.45) is 0. The molecule has 0 aliphatic carbocycles. The summed E-state index contributed by atoms with van der Waals surface area (Å²) in [5.41, 5.74) is 1.93. The van der Waals surface area contributed by atoms with Gasteiger partial charge in [-0.1, -0.05) is 51.8 Å². The lowest BCUT2D eigenvalue weighted by Crippen LogP contribution is -2.26. The highest BCUT2D eigenvalue weighted by atomic mass is 79.9. The van der Waals surface area contributed by atoms with Crippen LogP contribution >= 0.6 is 27.5 Å². The van der Waals surface area contributed by atoms with Crippen molar-refractivity contribution in [3.05, 3.63) is 64.7 Å². The molecule has 112 valence electrons. The van der Waals surface area contributed by atoms with Crippen molar-refractivity contribution in [1.29, 1.82) is 0 Å². The number of alkyl halides is 1. The van der Waals surface area contributed by atoms with Gasteiger partial charge in [0.05, 0.1) is 4.90 Å². The highest BCUT2D eigenvalue weighted by molar-refractivity contribution is 9.08. The van der Waals surface area contributed by atoms with Crippen LogP contribution in [0.2, 0.25) is 5.02 Å². The van der Waals surface area contributed by atoms with E-state index in [1.807, 2.05) is 12.1 Å². The van der Waals surface area contributed by atoms with Gasteiger partial charge in [-0.3, -0.25) is 0 Å². The molecule has 3 nitrogen and oxygen atoms in total. The normalized spacial score (nSPS) is 11.8. The first-order valence-corrected chi connectivity index (χ1v) is 9.23. The predicted molar refractivity (Wildman–Crippen MR) is 89.2 cm³/mol. The average Bonchev–Trinajstić information content (AvgIpc) is 2.49. The lowest BCUT2D eigenvalue weighted by atomic mass is 10.2. The molecule has 0 aliphatic rings. The lowest BCUT2D eigenvalue weighted by Gasteiger charge is -2.17. The highest BCUT2D eigenvalue weighted by Crippen LogP contribution is 2.19. The van der Waals surface area contributed by atoms with Gasteiger partial charge in [-0.2, -0.15) is 4.31 Å². The fraction of sp³-hybridized carbons (Fsp3) is 0.200. The van der Waals surface area contributed by atoms with Crippen LogP contribution < -0.4 is 0 Å². The molecule has 0 fully saturated rings. The number of benzene rings is 2. The Bertz CT molecular complexity index is 699. The van der Waals surface area contributed by atoms with Gasteiger partial charge in [0.1, 0.15) is 0 Å². The third kappa shape index (κ3) is 4.07. The van der Waals surface area contributed by atoms with Gasteiger partial charge >= 0.3 is 0 Å². The van der Waals surface area contributed by atoms with Gasteiger partial charge in [-0.25, -0.2) is 8.42 Å². The molecule has 0 N–H and O–H groups in total. The summed E-state index contributed by atoms with van der Waals surface area (Å²) in [6.45, 7) is 0.305. The minimum Gasteiger partial charge on any atom is -0.207 e. The fourth-order valence-electron chi connectivity index (χ4n) is 1.86. The SMILES string of the molecule is CN(Cc1ccc(Cl)cc1)S(=O)(=O)c1ccc(CBr)cc1. The van der Waals surface area contributed by atoms with Crippen LogP contribution in [0.1, 0.15) is 11.1 Å². The van der Waals surface area contributed by atoms with Crippen molar-refractivity contribution in [1.82, 2.24) is 4.31 Å². The molecule has 0 unspecified atom stereocenters. The quantitative estimate of drug-likeness (QED) is 0.725. The van der Waals surface area contributed by atoms with Gasteiger partial charge in [-0.15, -0.1) is 0 Å². The molecule has 0 spiro atoms. The van der Waals surface area contributed by atoms with E-state index in [1.54, 1.807) is 43.4 Å². The number of sulfonamides is 1. The Morgan fingerprint density at radius 2 is 1.52 bits per heavy atom. The van der Waals surface area contributed by atoms with Gasteiger partial charge in [0, 0.05) is 23.9 Å². The van der Waals surface area contributed by atoms with Gasteiger partial charge in [0.25, 0.3) is 0 Å². The first kappa shape index (κ1) is 16.5. The van der Waals surface area contributed by atoms with Crippen LogP contribution in [0.3, 0.4) is 0 Å². The maximum absolute atomic E-state index is 12.5. The zero-order valence-electron chi connectivity index (χ0n) is 11.5. The van der Waals surface area contributed by atoms with E-state index in [4.69, 9.17) is 11.6 Å². The second kappa shape index (κ2) is 6.92. The van der Waals surface area contributed by atoms with Crippen LogP contribution in [0, 0.1) is 0 Å². The maximum Gasteiger partial charge on any atom is 0.243 e. The largest absolute Gasteiger partial charge is 0.243 e. The second-order valence-corrected chi connectivity index (χ2v) is 7.71. The maximum atomic E-state index is 12.5. The highest BCUT2D eigenvalue weighted by Gasteiger charge is 2.20. The molecule has 0 aromatic heterocycles. The molecule has 0 amide bonds. The van der Waals surface area contributed by atoms with Crippen molar-refractivity contribution in [2.45, 2.75) is 16.8 Å². The Balaban J connectivity index is 2.19. The van der Waals surface area contributed by atoms with E-state index >= 15 is 0 Å². The van der Waals surface area contributed by atoms with E-state index in [1.165, 1.54) is 4.31 Å². The summed E-state index contributed by atoms with van der Waals surface area (Å²) in [6, 6.07) is 14.0. The number of halogens is 2. The fourth-order valence-corrected chi connectivity index (χ4v) is 3.52. The minimum atomic E-state index is -3.49. The summed E-state index contributed by atoms with van der Waals surface area (Å²) in [5, 5.41) is 1.34. The molecule has 21 heavy (non-hydrogen) atoms. The van der Waals surface area contributed by atoms with E-state index in [2.05, 4.69) is 15.9 Å². The first-order valence-electron chi connectivity index (χ1n) is 6.29. The van der Waals surface area contributed by atoms with Crippen LogP contribution in [-0.2, 0) is 21.9 Å². The second-order valence-electron chi connectivity index (χ2n) is 4.67. The van der Waals surface area contributed by atoms with Crippen molar-refractivity contribution >= 4 is 37.6 Å². The standard InChI is InChI=1S/C15H15BrClNO2S/c1-18(11-13-2-6-14(17)7-3-13)21(19,20)15-8-4-12(10-16)5-9-15/h2-9H,10-11H2,1H3. The summed E-state index contributed by atoms with van der Waals surface area (Å²) < 4.78 is 26.3. The zero-order chi connectivity index (χ0) is 15.5. The Labute approximate surface area is 138 Å². The molecule has 0 saturated carbocycles. The predicted octanol–water partition coefficient (Wildman–Crippen LogP) is 4.06. The van der Waals surface area contributed by atoms with Crippen LogP contribution in [0.25, 0.3) is 0 Å². The number of rotatable bonds is 5. The summed E-state index contributed by atoms with van der Waals surface area (Å²) in [5.74, 6) is 0. The molecular formula is C15H15BrClNO2S. The molecule has 6 heteroatoms. The lowest BCUT2D eigenvalue weighted by molar-refractivity contribution is 0.466. The Morgan fingerprint density at radius 1 is 1.00 bits per heavy atom. The van der Waals surface area contributed by atoms with Crippen molar-refractivity contribution in [3.8, 4) is 0 Å². The van der Waals surface area contributed by atoms with Crippen molar-refractivity contribution < 1.29 is 8.42 Å². The van der Waals surface area contributed by atoms with E-state index < -0.39 is 10.0 Å². The summed E-state index contributed by atoms with van der Waals surface area (Å²) in [7, 11) is -1.92. The minimum absolute atomic E-state index is 0.295. The Morgan fingerprint density at radius 3 is 2.05 bits per heavy atom. The molecule has 2 aromatic rings. The molecule has 0 saturated heterocycles.